The number of likely N-dealkylation sites (tertiary alicyclic amines) is 1. The van der Waals surface area contributed by atoms with Gasteiger partial charge < -0.3 is 5.32 Å². The molecular formula is C29H31N5O. The van der Waals surface area contributed by atoms with Gasteiger partial charge >= 0.3 is 0 Å². The Morgan fingerprint density at radius 3 is 2.74 bits per heavy atom. The number of pyridine rings is 1. The number of aromatic nitrogens is 2. The number of hydrogen-bond acceptors (Lipinski definition) is 4. The first kappa shape index (κ1) is 24.2. The van der Waals surface area contributed by atoms with Crippen LogP contribution in [-0.4, -0.2) is 46.0 Å². The van der Waals surface area contributed by atoms with Crippen molar-refractivity contribution in [3.05, 3.63) is 96.4 Å². The van der Waals surface area contributed by atoms with Crippen LogP contribution in [0.1, 0.15) is 40.7 Å². The van der Waals surface area contributed by atoms with Crippen molar-refractivity contribution in [3.63, 3.8) is 0 Å². The third-order valence-corrected chi connectivity index (χ3v) is 6.64. The molecule has 1 aliphatic rings. The molecule has 0 aliphatic carbocycles. The largest absolute Gasteiger partial charge is 0.350 e. The number of hydrogen-bond donors (Lipinski definition) is 1. The molecule has 178 valence electrons. The molecule has 6 heteroatoms. The van der Waals surface area contributed by atoms with E-state index in [0.717, 1.165) is 48.0 Å². The van der Waals surface area contributed by atoms with Crippen LogP contribution >= 0.6 is 0 Å². The lowest BCUT2D eigenvalue weighted by atomic mass is 10.0. The summed E-state index contributed by atoms with van der Waals surface area (Å²) < 4.78 is 1.84. The molecule has 0 radical (unpaired) electrons. The highest BCUT2D eigenvalue weighted by atomic mass is 16.1. The van der Waals surface area contributed by atoms with Gasteiger partial charge in [0.15, 0.2) is 5.82 Å². The van der Waals surface area contributed by atoms with Gasteiger partial charge in [0.2, 0.25) is 0 Å². The zero-order valence-electron chi connectivity index (χ0n) is 20.2. The molecular weight excluding hydrogens is 434 g/mol. The SMILES string of the molecule is C=C/C=C(\C=C)C(CNC(=O)c1cn(-c2ncccc2C#N)c2cccc(C)c12)N1CCCCC1. The van der Waals surface area contributed by atoms with Crippen LogP contribution in [0.25, 0.3) is 16.7 Å². The van der Waals surface area contributed by atoms with E-state index in [1.165, 1.54) is 6.42 Å². The second-order valence-electron chi connectivity index (χ2n) is 8.80. The fraction of sp³-hybridized carbons (Fsp3) is 0.276. The number of benzene rings is 1. The normalized spacial score (nSPS) is 15.4. The maximum Gasteiger partial charge on any atom is 0.253 e. The number of carbonyl (C=O) groups is 1. The van der Waals surface area contributed by atoms with E-state index in [0.29, 0.717) is 23.5 Å². The molecule has 0 spiro atoms. The summed E-state index contributed by atoms with van der Waals surface area (Å²) in [5.41, 5.74) is 3.90. The Morgan fingerprint density at radius 2 is 2.03 bits per heavy atom. The first-order chi connectivity index (χ1) is 17.1. The molecule has 35 heavy (non-hydrogen) atoms. The van der Waals surface area contributed by atoms with E-state index in [1.807, 2.05) is 41.8 Å². The van der Waals surface area contributed by atoms with Gasteiger partial charge in [-0.05, 0) is 62.2 Å². The number of rotatable bonds is 8. The number of nitriles is 1. The number of nitrogens with zero attached hydrogens (tertiary/aromatic N) is 4. The highest BCUT2D eigenvalue weighted by Crippen LogP contribution is 2.28. The first-order valence-corrected chi connectivity index (χ1v) is 12.0. The third kappa shape index (κ3) is 4.96. The molecule has 0 saturated carbocycles. The molecule has 3 aromatic rings. The monoisotopic (exact) mass is 465 g/mol. The number of aryl methyl sites for hydroxylation is 1. The lowest BCUT2D eigenvalue weighted by Gasteiger charge is -2.35. The lowest BCUT2D eigenvalue weighted by molar-refractivity contribution is 0.0936. The minimum atomic E-state index is -0.151. The summed E-state index contributed by atoms with van der Waals surface area (Å²) in [6.45, 7) is 12.3. The van der Waals surface area contributed by atoms with E-state index in [1.54, 1.807) is 30.6 Å². The van der Waals surface area contributed by atoms with Crippen molar-refractivity contribution < 1.29 is 4.79 Å². The molecule has 2 aromatic heterocycles. The number of piperidine rings is 1. The summed E-state index contributed by atoms with van der Waals surface area (Å²) in [5, 5.41) is 13.6. The average Bonchev–Trinajstić information content (AvgIpc) is 3.29. The Labute approximate surface area is 206 Å². The van der Waals surface area contributed by atoms with Gasteiger partial charge in [0.05, 0.1) is 22.7 Å². The fourth-order valence-electron chi connectivity index (χ4n) is 4.91. The predicted molar refractivity (Wildman–Crippen MR) is 141 cm³/mol. The van der Waals surface area contributed by atoms with Crippen LogP contribution in [0.15, 0.2) is 79.7 Å². The maximum absolute atomic E-state index is 13.6. The molecule has 1 fully saturated rings. The van der Waals surface area contributed by atoms with Crippen LogP contribution in [0, 0.1) is 18.3 Å². The third-order valence-electron chi connectivity index (χ3n) is 6.64. The Kier molecular flexibility index (Phi) is 7.59. The van der Waals surface area contributed by atoms with Gasteiger partial charge in [-0.3, -0.25) is 14.3 Å². The average molecular weight is 466 g/mol. The second-order valence-corrected chi connectivity index (χ2v) is 8.80. The molecule has 0 bridgehead atoms. The Morgan fingerprint density at radius 1 is 1.23 bits per heavy atom. The molecule has 1 aliphatic heterocycles. The number of carbonyl (C=O) groups excluding carboxylic acids is 1. The van der Waals surface area contributed by atoms with E-state index in [-0.39, 0.29) is 11.9 Å². The highest BCUT2D eigenvalue weighted by Gasteiger charge is 2.25. The Bertz CT molecular complexity index is 1320. The van der Waals surface area contributed by atoms with Crippen LogP contribution < -0.4 is 5.32 Å². The quantitative estimate of drug-likeness (QED) is 0.471. The summed E-state index contributed by atoms with van der Waals surface area (Å²) in [5.74, 6) is 0.361. The van der Waals surface area contributed by atoms with Crippen molar-refractivity contribution in [1.29, 1.82) is 5.26 Å². The van der Waals surface area contributed by atoms with E-state index in [9.17, 15) is 10.1 Å². The molecule has 1 aromatic carbocycles. The van der Waals surface area contributed by atoms with Crippen molar-refractivity contribution in [1.82, 2.24) is 19.8 Å². The van der Waals surface area contributed by atoms with Crippen LogP contribution in [0.3, 0.4) is 0 Å². The van der Waals surface area contributed by atoms with Crippen LogP contribution in [0.2, 0.25) is 0 Å². The van der Waals surface area contributed by atoms with Gasteiger partial charge in [-0.15, -0.1) is 0 Å². The molecule has 4 rings (SSSR count). The van der Waals surface area contributed by atoms with Gasteiger partial charge in [0.1, 0.15) is 6.07 Å². The summed E-state index contributed by atoms with van der Waals surface area (Å²) in [7, 11) is 0. The summed E-state index contributed by atoms with van der Waals surface area (Å²) in [6.07, 6.45) is 12.6. The van der Waals surface area contributed by atoms with Gasteiger partial charge in [0, 0.05) is 24.3 Å². The second kappa shape index (κ2) is 11.0. The lowest BCUT2D eigenvalue weighted by Crippen LogP contribution is -2.47. The van der Waals surface area contributed by atoms with Crippen molar-refractivity contribution in [2.45, 2.75) is 32.2 Å². The van der Waals surface area contributed by atoms with Crippen molar-refractivity contribution in [2.75, 3.05) is 19.6 Å². The number of allylic oxidation sites excluding steroid dienone is 2. The molecule has 1 N–H and O–H groups in total. The Balaban J connectivity index is 1.69. The van der Waals surface area contributed by atoms with Crippen LogP contribution in [-0.2, 0) is 0 Å². The smallest absolute Gasteiger partial charge is 0.253 e. The molecule has 1 amide bonds. The van der Waals surface area contributed by atoms with E-state index in [4.69, 9.17) is 0 Å². The van der Waals surface area contributed by atoms with E-state index in [2.05, 4.69) is 34.4 Å². The van der Waals surface area contributed by atoms with Gasteiger partial charge in [-0.1, -0.05) is 49.9 Å². The fourth-order valence-corrected chi connectivity index (χ4v) is 4.91. The maximum atomic E-state index is 13.6. The highest BCUT2D eigenvalue weighted by molar-refractivity contribution is 6.08. The Hall–Kier alpha value is -3.95. The number of amides is 1. The molecule has 1 saturated heterocycles. The van der Waals surface area contributed by atoms with Crippen molar-refractivity contribution in [2.24, 2.45) is 0 Å². The molecule has 1 atom stereocenters. The topological polar surface area (TPSA) is 74.0 Å². The summed E-state index contributed by atoms with van der Waals surface area (Å²) in [6, 6.07) is 11.6. The van der Waals surface area contributed by atoms with Crippen LogP contribution in [0.5, 0.6) is 0 Å². The zero-order valence-corrected chi connectivity index (χ0v) is 20.2. The van der Waals surface area contributed by atoms with Crippen molar-refractivity contribution >= 4 is 16.8 Å². The summed E-state index contributed by atoms with van der Waals surface area (Å²) >= 11 is 0. The predicted octanol–water partition coefficient (Wildman–Crippen LogP) is 5.09. The zero-order chi connectivity index (χ0) is 24.8. The van der Waals surface area contributed by atoms with Crippen LogP contribution in [0.4, 0.5) is 0 Å². The van der Waals surface area contributed by atoms with Gasteiger partial charge in [-0.2, -0.15) is 5.26 Å². The molecule has 3 heterocycles. The first-order valence-electron chi connectivity index (χ1n) is 12.0. The number of nitrogens with one attached hydrogen (secondary N) is 1. The van der Waals surface area contributed by atoms with Gasteiger partial charge in [-0.25, -0.2) is 4.98 Å². The minimum absolute atomic E-state index is 0.0326. The van der Waals surface area contributed by atoms with Gasteiger partial charge in [0.25, 0.3) is 5.91 Å². The van der Waals surface area contributed by atoms with E-state index < -0.39 is 0 Å². The van der Waals surface area contributed by atoms with E-state index >= 15 is 0 Å². The number of fused-ring (bicyclic) bond motifs is 1. The summed E-state index contributed by atoms with van der Waals surface area (Å²) in [4.78, 5) is 20.4. The van der Waals surface area contributed by atoms with Crippen molar-refractivity contribution in [3.8, 4) is 11.9 Å². The molecule has 6 nitrogen and oxygen atoms in total. The standard InChI is InChI=1S/C29H31N5O/c1-4-11-22(5-2)26(33-16-7-6-8-17-33)19-32-29(35)24-20-34(25-14-9-12-21(3)27(24)25)28-23(18-30)13-10-15-31-28/h4-5,9-15,20,26H,1-2,6-8,16-17,19H2,3H3,(H,32,35)/b22-11+. The molecule has 1 unspecified atom stereocenters. The minimum Gasteiger partial charge on any atom is -0.350 e.